The van der Waals surface area contributed by atoms with Crippen LogP contribution in [-0.2, 0) is 0 Å². The number of carbonyl (C=O) groups excluding carboxylic acids is 1. The Morgan fingerprint density at radius 3 is 2.79 bits per heavy atom. The highest BCUT2D eigenvalue weighted by atomic mass is 19.1. The van der Waals surface area contributed by atoms with E-state index in [9.17, 15) is 9.18 Å². The number of Topliss-reactive ketones (excluding diaryl/α,β-unsaturated/α-hetero) is 1. The minimum absolute atomic E-state index is 0.158. The Labute approximate surface area is 81.6 Å². The molecule has 1 rings (SSSR count). The monoisotopic (exact) mass is 197 g/mol. The first kappa shape index (κ1) is 10.7. The van der Waals surface area contributed by atoms with Gasteiger partial charge in [0.25, 0.3) is 0 Å². The van der Waals surface area contributed by atoms with Gasteiger partial charge in [-0.3, -0.25) is 4.79 Å². The first-order valence-corrected chi connectivity index (χ1v) is 4.23. The topological polar surface area (TPSA) is 49.3 Å². The van der Waals surface area contributed by atoms with Crippen LogP contribution in [0.4, 0.5) is 4.39 Å². The van der Waals surface area contributed by atoms with Gasteiger partial charge in [0.15, 0.2) is 17.3 Å². The summed E-state index contributed by atoms with van der Waals surface area (Å²) in [7, 11) is 1.64. The lowest BCUT2D eigenvalue weighted by Gasteiger charge is -2.05. The molecule has 2 N–H and O–H groups in total. The van der Waals surface area contributed by atoms with Gasteiger partial charge in [-0.2, -0.15) is 0 Å². The quantitative estimate of drug-likeness (QED) is 0.717. The molecule has 1 aromatic rings. The zero-order chi connectivity index (χ0) is 10.7. The van der Waals surface area contributed by atoms with Gasteiger partial charge in [-0.25, -0.2) is 4.39 Å². The summed E-state index contributed by atoms with van der Waals surface area (Å²) in [5.41, 5.74) is 0.874. The smallest absolute Gasteiger partial charge is 0.176 e. The van der Waals surface area contributed by atoms with Gasteiger partial charge in [-0.05, 0) is 31.7 Å². The maximum atomic E-state index is 12.9. The van der Waals surface area contributed by atoms with Crippen LogP contribution < -0.4 is 5.32 Å². The molecular formula is C10H12FNO2. The average molecular weight is 197 g/mol. The van der Waals surface area contributed by atoms with Crippen molar-refractivity contribution >= 4 is 5.78 Å². The highest BCUT2D eigenvalue weighted by Crippen LogP contribution is 2.20. The van der Waals surface area contributed by atoms with E-state index in [2.05, 4.69) is 5.32 Å². The minimum atomic E-state index is -0.768. The first-order chi connectivity index (χ1) is 6.56. The molecule has 0 aliphatic heterocycles. The van der Waals surface area contributed by atoms with Crippen LogP contribution >= 0.6 is 0 Å². The Morgan fingerprint density at radius 1 is 1.57 bits per heavy atom. The summed E-state index contributed by atoms with van der Waals surface area (Å²) in [5, 5.41) is 11.7. The molecule has 0 aliphatic rings. The summed E-state index contributed by atoms with van der Waals surface area (Å²) >= 11 is 0. The van der Waals surface area contributed by atoms with Gasteiger partial charge in [0, 0.05) is 5.56 Å². The Kier molecular flexibility index (Phi) is 3.19. The minimum Gasteiger partial charge on any atom is -0.505 e. The predicted octanol–water partition coefficient (Wildman–Crippen LogP) is 1.24. The Balaban J connectivity index is 3.09. The van der Waals surface area contributed by atoms with E-state index in [1.54, 1.807) is 14.0 Å². The van der Waals surface area contributed by atoms with Gasteiger partial charge in [0.05, 0.1) is 6.54 Å². The van der Waals surface area contributed by atoms with E-state index in [4.69, 9.17) is 5.11 Å². The molecule has 0 bridgehead atoms. The summed E-state index contributed by atoms with van der Waals surface area (Å²) in [5.74, 6) is -1.39. The van der Waals surface area contributed by atoms with Crippen LogP contribution in [0.15, 0.2) is 12.1 Å². The number of aromatic hydroxyl groups is 1. The molecule has 0 fully saturated rings. The highest BCUT2D eigenvalue weighted by molar-refractivity contribution is 5.99. The second-order valence-corrected chi connectivity index (χ2v) is 3.07. The fraction of sp³-hybridized carbons (Fsp3) is 0.300. The van der Waals surface area contributed by atoms with Crippen molar-refractivity contribution < 1.29 is 14.3 Å². The van der Waals surface area contributed by atoms with Crippen LogP contribution in [0.2, 0.25) is 0 Å². The number of nitrogens with one attached hydrogen (secondary N) is 1. The van der Waals surface area contributed by atoms with Crippen LogP contribution in [0, 0.1) is 12.7 Å². The number of rotatable bonds is 3. The molecule has 0 atom stereocenters. The fourth-order valence-corrected chi connectivity index (χ4v) is 1.22. The third-order valence-electron chi connectivity index (χ3n) is 1.93. The van der Waals surface area contributed by atoms with Crippen LogP contribution in [0.25, 0.3) is 0 Å². The van der Waals surface area contributed by atoms with Crippen molar-refractivity contribution in [1.82, 2.24) is 5.32 Å². The number of likely N-dealkylation sites (N-methyl/N-ethyl adjacent to an activating group) is 1. The number of hydrogen-bond acceptors (Lipinski definition) is 3. The summed E-state index contributed by atoms with van der Waals surface area (Å²) in [6, 6.07) is 2.31. The third-order valence-corrected chi connectivity index (χ3v) is 1.93. The molecule has 0 amide bonds. The molecule has 4 heteroatoms. The number of hydrogen-bond donors (Lipinski definition) is 2. The van der Waals surface area contributed by atoms with Crippen LogP contribution in [0.3, 0.4) is 0 Å². The molecule has 0 aliphatic carbocycles. The molecule has 0 heterocycles. The normalized spacial score (nSPS) is 10.2. The number of ketones is 1. The van der Waals surface area contributed by atoms with E-state index in [0.717, 1.165) is 6.07 Å². The maximum Gasteiger partial charge on any atom is 0.176 e. The van der Waals surface area contributed by atoms with Crippen LogP contribution in [0.1, 0.15) is 15.9 Å². The SMILES string of the molecule is CNCC(=O)c1cc(F)c(O)cc1C. The molecule has 76 valence electrons. The van der Waals surface area contributed by atoms with E-state index in [0.29, 0.717) is 11.1 Å². The predicted molar refractivity (Wildman–Crippen MR) is 51.1 cm³/mol. The number of halogens is 1. The molecule has 0 saturated carbocycles. The lowest BCUT2D eigenvalue weighted by Crippen LogP contribution is -2.19. The summed E-state index contributed by atoms with van der Waals surface area (Å²) in [6.07, 6.45) is 0. The molecule has 0 unspecified atom stereocenters. The molecular weight excluding hydrogens is 185 g/mol. The Hall–Kier alpha value is -1.42. The number of carbonyl (C=O) groups is 1. The molecule has 0 spiro atoms. The zero-order valence-corrected chi connectivity index (χ0v) is 8.10. The van der Waals surface area contributed by atoms with Crippen molar-refractivity contribution in [3.63, 3.8) is 0 Å². The fourth-order valence-electron chi connectivity index (χ4n) is 1.22. The third kappa shape index (κ3) is 2.09. The van der Waals surface area contributed by atoms with Crippen LogP contribution in [0.5, 0.6) is 5.75 Å². The second kappa shape index (κ2) is 4.19. The average Bonchev–Trinajstić information content (AvgIpc) is 2.11. The van der Waals surface area contributed by atoms with Crippen molar-refractivity contribution in [2.45, 2.75) is 6.92 Å². The largest absolute Gasteiger partial charge is 0.505 e. The van der Waals surface area contributed by atoms with E-state index in [1.807, 2.05) is 0 Å². The molecule has 1 aromatic carbocycles. The first-order valence-electron chi connectivity index (χ1n) is 4.23. The van der Waals surface area contributed by atoms with E-state index in [1.165, 1.54) is 6.07 Å². The lowest BCUT2D eigenvalue weighted by molar-refractivity contribution is 0.0992. The number of phenols is 1. The van der Waals surface area contributed by atoms with Crippen molar-refractivity contribution in [2.75, 3.05) is 13.6 Å². The van der Waals surface area contributed by atoms with E-state index in [-0.39, 0.29) is 12.3 Å². The number of benzene rings is 1. The highest BCUT2D eigenvalue weighted by Gasteiger charge is 2.11. The van der Waals surface area contributed by atoms with Gasteiger partial charge in [0.2, 0.25) is 0 Å². The van der Waals surface area contributed by atoms with Crippen molar-refractivity contribution in [2.24, 2.45) is 0 Å². The molecule has 0 aromatic heterocycles. The van der Waals surface area contributed by atoms with Crippen molar-refractivity contribution in [3.05, 3.63) is 29.1 Å². The number of aryl methyl sites for hydroxylation is 1. The van der Waals surface area contributed by atoms with Crippen molar-refractivity contribution in [3.8, 4) is 5.75 Å². The summed E-state index contributed by atoms with van der Waals surface area (Å²) < 4.78 is 12.9. The zero-order valence-electron chi connectivity index (χ0n) is 8.10. The van der Waals surface area contributed by atoms with Gasteiger partial charge < -0.3 is 10.4 Å². The molecule has 0 radical (unpaired) electrons. The van der Waals surface area contributed by atoms with Gasteiger partial charge in [-0.1, -0.05) is 0 Å². The van der Waals surface area contributed by atoms with Crippen LogP contribution in [-0.4, -0.2) is 24.5 Å². The standard InChI is InChI=1S/C10H12FNO2/c1-6-3-9(13)8(11)4-7(6)10(14)5-12-2/h3-4,12-13H,5H2,1-2H3. The molecule has 14 heavy (non-hydrogen) atoms. The summed E-state index contributed by atoms with van der Waals surface area (Å²) in [6.45, 7) is 1.81. The Bertz CT molecular complexity index is 363. The summed E-state index contributed by atoms with van der Waals surface area (Å²) in [4.78, 5) is 11.4. The number of phenolic OH excluding ortho intramolecular Hbond substituents is 1. The Morgan fingerprint density at radius 2 is 2.21 bits per heavy atom. The second-order valence-electron chi connectivity index (χ2n) is 3.07. The molecule has 0 saturated heterocycles. The van der Waals surface area contributed by atoms with Gasteiger partial charge >= 0.3 is 0 Å². The lowest BCUT2D eigenvalue weighted by atomic mass is 10.0. The van der Waals surface area contributed by atoms with E-state index < -0.39 is 11.6 Å². The van der Waals surface area contributed by atoms with Gasteiger partial charge in [0.1, 0.15) is 0 Å². The maximum absolute atomic E-state index is 12.9. The van der Waals surface area contributed by atoms with Gasteiger partial charge in [-0.15, -0.1) is 0 Å². The van der Waals surface area contributed by atoms with E-state index >= 15 is 0 Å². The van der Waals surface area contributed by atoms with Crippen molar-refractivity contribution in [1.29, 1.82) is 0 Å². The molecule has 3 nitrogen and oxygen atoms in total.